The lowest BCUT2D eigenvalue weighted by Crippen LogP contribution is -2.40. The summed E-state index contributed by atoms with van der Waals surface area (Å²) in [4.78, 5) is 19.5. The van der Waals surface area contributed by atoms with E-state index >= 15 is 0 Å². The Morgan fingerprint density at radius 3 is 2.30 bits per heavy atom. The van der Waals surface area contributed by atoms with Crippen LogP contribution in [-0.2, 0) is 4.79 Å². The third kappa shape index (κ3) is 2.54. The highest BCUT2D eigenvalue weighted by atomic mass is 16.6. The van der Waals surface area contributed by atoms with Crippen molar-refractivity contribution in [2.75, 3.05) is 6.54 Å². The highest BCUT2D eigenvalue weighted by Crippen LogP contribution is 2.03. The summed E-state index contributed by atoms with van der Waals surface area (Å²) in [6.45, 7) is 1.50. The van der Waals surface area contributed by atoms with E-state index in [0.717, 1.165) is 13.8 Å². The molecule has 0 saturated carbocycles. The zero-order chi connectivity index (χ0) is 8.36. The maximum absolute atomic E-state index is 10.4. The van der Waals surface area contributed by atoms with Crippen molar-refractivity contribution in [2.24, 2.45) is 0 Å². The summed E-state index contributed by atoms with van der Waals surface area (Å²) in [5, 5.41) is 18.8. The monoisotopic (exact) mass is 147 g/mol. The van der Waals surface area contributed by atoms with Gasteiger partial charge in [-0.25, -0.2) is 0 Å². The highest BCUT2D eigenvalue weighted by molar-refractivity contribution is 5.84. The summed E-state index contributed by atoms with van der Waals surface area (Å²) < 4.78 is 0. The number of carbonyl (C=O) groups excluding carboxylic acids is 1. The third-order valence-corrected chi connectivity index (χ3v) is 1.20. The molecule has 0 saturated heterocycles. The molecular formula is C5H9NO4. The molecule has 0 bridgehead atoms. The van der Waals surface area contributed by atoms with Gasteiger partial charge in [-0.1, -0.05) is 0 Å². The summed E-state index contributed by atoms with van der Waals surface area (Å²) >= 11 is 0. The molecule has 0 aliphatic heterocycles. The average molecular weight is 147 g/mol. The Morgan fingerprint density at radius 1 is 1.80 bits per heavy atom. The van der Waals surface area contributed by atoms with Gasteiger partial charge >= 0.3 is 0 Å². The van der Waals surface area contributed by atoms with E-state index in [9.17, 15) is 14.9 Å². The molecular weight excluding hydrogens is 138 g/mol. The second kappa shape index (κ2) is 2.74. The first-order valence-corrected chi connectivity index (χ1v) is 2.71. The Morgan fingerprint density at radius 2 is 2.20 bits per heavy atom. The van der Waals surface area contributed by atoms with Crippen LogP contribution in [0.15, 0.2) is 0 Å². The minimum atomic E-state index is -1.82. The van der Waals surface area contributed by atoms with E-state index < -0.39 is 22.9 Å². The minimum absolute atomic E-state index is 0.593. The normalized spacial score (nSPS) is 15.9. The van der Waals surface area contributed by atoms with Crippen molar-refractivity contribution in [1.29, 1.82) is 0 Å². The van der Waals surface area contributed by atoms with Gasteiger partial charge in [0.15, 0.2) is 11.4 Å². The number of Topliss-reactive ketones (excluding diaryl/α,β-unsaturated/α-hetero) is 1. The third-order valence-electron chi connectivity index (χ3n) is 1.20. The molecule has 0 rings (SSSR count). The SMILES string of the molecule is CC(=O)C(C)(O)C[N+](=O)[O-]. The van der Waals surface area contributed by atoms with Crippen LogP contribution in [0, 0.1) is 10.1 Å². The molecule has 10 heavy (non-hydrogen) atoms. The molecule has 0 aliphatic rings. The van der Waals surface area contributed by atoms with Crippen LogP contribution in [0.2, 0.25) is 0 Å². The molecule has 5 nitrogen and oxygen atoms in total. The molecule has 1 atom stereocenters. The van der Waals surface area contributed by atoms with Crippen LogP contribution in [-0.4, -0.2) is 28.0 Å². The van der Waals surface area contributed by atoms with Gasteiger partial charge in [-0.15, -0.1) is 0 Å². The zero-order valence-electron chi connectivity index (χ0n) is 5.83. The number of nitro groups is 1. The Balaban J connectivity index is 4.13. The molecule has 1 N–H and O–H groups in total. The average Bonchev–Trinajstić information content (AvgIpc) is 1.60. The Bertz CT molecular complexity index is 163. The number of rotatable bonds is 3. The van der Waals surface area contributed by atoms with E-state index in [4.69, 9.17) is 5.11 Å². The number of hydrogen-bond acceptors (Lipinski definition) is 4. The van der Waals surface area contributed by atoms with Crippen molar-refractivity contribution in [3.63, 3.8) is 0 Å². The second-order valence-corrected chi connectivity index (χ2v) is 2.32. The summed E-state index contributed by atoms with van der Waals surface area (Å²) in [6, 6.07) is 0. The van der Waals surface area contributed by atoms with Crippen LogP contribution in [0.1, 0.15) is 13.8 Å². The molecule has 0 aromatic rings. The standard InChI is InChI=1S/C5H9NO4/c1-4(7)5(2,8)3-6(9)10/h8H,3H2,1-2H3. The van der Waals surface area contributed by atoms with Crippen molar-refractivity contribution in [2.45, 2.75) is 19.4 Å². The summed E-state index contributed by atoms with van der Waals surface area (Å²) in [6.07, 6.45) is 0. The largest absolute Gasteiger partial charge is 0.376 e. The summed E-state index contributed by atoms with van der Waals surface area (Å²) in [5.41, 5.74) is -1.82. The van der Waals surface area contributed by atoms with Crippen molar-refractivity contribution in [3.05, 3.63) is 10.1 Å². The smallest absolute Gasteiger partial charge is 0.239 e. The predicted octanol–water partition coefficient (Wildman–Crippen LogP) is -0.397. The molecule has 0 aromatic heterocycles. The van der Waals surface area contributed by atoms with Gasteiger partial charge in [0.1, 0.15) is 0 Å². The fourth-order valence-electron chi connectivity index (χ4n) is 0.363. The first-order chi connectivity index (χ1) is 4.36. The number of aliphatic hydroxyl groups is 1. The lowest BCUT2D eigenvalue weighted by Gasteiger charge is -2.12. The summed E-state index contributed by atoms with van der Waals surface area (Å²) in [7, 11) is 0. The van der Waals surface area contributed by atoms with Gasteiger partial charge in [0.2, 0.25) is 6.54 Å². The van der Waals surface area contributed by atoms with Crippen molar-refractivity contribution < 1.29 is 14.8 Å². The van der Waals surface area contributed by atoms with E-state index in [0.29, 0.717) is 0 Å². The van der Waals surface area contributed by atoms with Gasteiger partial charge in [0.25, 0.3) is 0 Å². The second-order valence-electron chi connectivity index (χ2n) is 2.32. The lowest BCUT2D eigenvalue weighted by atomic mass is 10.0. The summed E-state index contributed by atoms with van der Waals surface area (Å²) in [5.74, 6) is -0.593. The van der Waals surface area contributed by atoms with Crippen LogP contribution < -0.4 is 0 Å². The molecule has 0 aliphatic carbocycles. The fourth-order valence-corrected chi connectivity index (χ4v) is 0.363. The van der Waals surface area contributed by atoms with E-state index in [-0.39, 0.29) is 0 Å². The van der Waals surface area contributed by atoms with Crippen molar-refractivity contribution in [1.82, 2.24) is 0 Å². The van der Waals surface area contributed by atoms with Crippen molar-refractivity contribution >= 4 is 5.78 Å². The van der Waals surface area contributed by atoms with E-state index in [1.165, 1.54) is 0 Å². The van der Waals surface area contributed by atoms with Gasteiger partial charge in [0, 0.05) is 4.92 Å². The number of hydrogen-bond donors (Lipinski definition) is 1. The Kier molecular flexibility index (Phi) is 2.48. The maximum atomic E-state index is 10.4. The van der Waals surface area contributed by atoms with Crippen LogP contribution in [0.25, 0.3) is 0 Å². The van der Waals surface area contributed by atoms with E-state index in [2.05, 4.69) is 0 Å². The molecule has 0 amide bonds. The van der Waals surface area contributed by atoms with Crippen LogP contribution in [0.4, 0.5) is 0 Å². The molecule has 58 valence electrons. The van der Waals surface area contributed by atoms with E-state index in [1.54, 1.807) is 0 Å². The van der Waals surface area contributed by atoms with Crippen LogP contribution in [0.3, 0.4) is 0 Å². The van der Waals surface area contributed by atoms with Crippen LogP contribution >= 0.6 is 0 Å². The maximum Gasteiger partial charge on any atom is 0.239 e. The predicted molar refractivity (Wildman–Crippen MR) is 33.2 cm³/mol. The number of carbonyl (C=O) groups is 1. The fraction of sp³-hybridized carbons (Fsp3) is 0.800. The molecule has 0 fully saturated rings. The molecule has 0 spiro atoms. The first kappa shape index (κ1) is 9.03. The molecule has 0 heterocycles. The number of nitrogens with zero attached hydrogens (tertiary/aromatic N) is 1. The quantitative estimate of drug-likeness (QED) is 0.435. The van der Waals surface area contributed by atoms with E-state index in [1.807, 2.05) is 0 Å². The first-order valence-electron chi connectivity index (χ1n) is 2.71. The molecule has 0 radical (unpaired) electrons. The van der Waals surface area contributed by atoms with Gasteiger partial charge in [-0.3, -0.25) is 14.9 Å². The Hall–Kier alpha value is -0.970. The van der Waals surface area contributed by atoms with Gasteiger partial charge in [0.05, 0.1) is 0 Å². The van der Waals surface area contributed by atoms with Crippen molar-refractivity contribution in [3.8, 4) is 0 Å². The van der Waals surface area contributed by atoms with Gasteiger partial charge in [-0.2, -0.15) is 0 Å². The lowest BCUT2D eigenvalue weighted by molar-refractivity contribution is -0.495. The molecule has 1 unspecified atom stereocenters. The zero-order valence-corrected chi connectivity index (χ0v) is 5.83. The number of ketones is 1. The van der Waals surface area contributed by atoms with Gasteiger partial charge < -0.3 is 5.11 Å². The van der Waals surface area contributed by atoms with Crippen LogP contribution in [0.5, 0.6) is 0 Å². The molecule has 0 aromatic carbocycles. The van der Waals surface area contributed by atoms with Gasteiger partial charge in [-0.05, 0) is 13.8 Å². The topological polar surface area (TPSA) is 80.4 Å². The highest BCUT2D eigenvalue weighted by Gasteiger charge is 2.32. The minimum Gasteiger partial charge on any atom is -0.376 e. The molecule has 5 heteroatoms. The Labute approximate surface area is 57.8 Å².